The SMILES string of the molecule is COC1CN(CC(C)C2CNC2)CCC1C. The average molecular weight is 226 g/mol. The number of piperidine rings is 1. The highest BCUT2D eigenvalue weighted by molar-refractivity contribution is 4.84. The second kappa shape index (κ2) is 5.48. The lowest BCUT2D eigenvalue weighted by Crippen LogP contribution is -2.51. The molecule has 2 aliphatic heterocycles. The molecule has 0 radical (unpaired) electrons. The third kappa shape index (κ3) is 2.76. The van der Waals surface area contributed by atoms with Crippen LogP contribution in [0, 0.1) is 17.8 Å². The van der Waals surface area contributed by atoms with Crippen molar-refractivity contribution in [2.24, 2.45) is 17.8 Å². The van der Waals surface area contributed by atoms with E-state index in [2.05, 4.69) is 24.1 Å². The summed E-state index contributed by atoms with van der Waals surface area (Å²) in [7, 11) is 1.85. The van der Waals surface area contributed by atoms with Crippen LogP contribution in [0.3, 0.4) is 0 Å². The number of nitrogens with zero attached hydrogens (tertiary/aromatic N) is 1. The lowest BCUT2D eigenvalue weighted by molar-refractivity contribution is -0.0123. The topological polar surface area (TPSA) is 24.5 Å². The zero-order chi connectivity index (χ0) is 11.5. The minimum absolute atomic E-state index is 0.445. The summed E-state index contributed by atoms with van der Waals surface area (Å²) >= 11 is 0. The van der Waals surface area contributed by atoms with Gasteiger partial charge in [-0.2, -0.15) is 0 Å². The van der Waals surface area contributed by atoms with Crippen LogP contribution >= 0.6 is 0 Å². The fourth-order valence-corrected chi connectivity index (χ4v) is 2.84. The lowest BCUT2D eigenvalue weighted by atomic mass is 9.87. The first-order valence-corrected chi connectivity index (χ1v) is 6.66. The standard InChI is InChI=1S/C13H26N2O/c1-10-4-5-15(9-13(10)16-3)8-11(2)12-6-14-7-12/h10-14H,4-9H2,1-3H3. The molecule has 0 amide bonds. The summed E-state index contributed by atoms with van der Waals surface area (Å²) in [6, 6.07) is 0. The van der Waals surface area contributed by atoms with E-state index in [-0.39, 0.29) is 0 Å². The highest BCUT2D eigenvalue weighted by atomic mass is 16.5. The van der Waals surface area contributed by atoms with E-state index in [1.54, 1.807) is 0 Å². The van der Waals surface area contributed by atoms with E-state index in [9.17, 15) is 0 Å². The Hall–Kier alpha value is -0.120. The largest absolute Gasteiger partial charge is 0.380 e. The van der Waals surface area contributed by atoms with Gasteiger partial charge in [-0.15, -0.1) is 0 Å². The summed E-state index contributed by atoms with van der Waals surface area (Å²) in [5.74, 6) is 2.45. The number of nitrogens with one attached hydrogen (secondary N) is 1. The van der Waals surface area contributed by atoms with Crippen LogP contribution in [-0.2, 0) is 4.74 Å². The van der Waals surface area contributed by atoms with Crippen LogP contribution in [0.5, 0.6) is 0 Å². The maximum atomic E-state index is 5.56. The molecule has 3 atom stereocenters. The van der Waals surface area contributed by atoms with Gasteiger partial charge in [0, 0.05) is 20.2 Å². The van der Waals surface area contributed by atoms with Gasteiger partial charge in [-0.1, -0.05) is 13.8 Å². The molecule has 0 saturated carbocycles. The molecule has 1 N–H and O–H groups in total. The first-order valence-electron chi connectivity index (χ1n) is 6.66. The fraction of sp³-hybridized carbons (Fsp3) is 1.00. The summed E-state index contributed by atoms with van der Waals surface area (Å²) in [6.45, 7) is 10.8. The van der Waals surface area contributed by atoms with Gasteiger partial charge in [0.25, 0.3) is 0 Å². The van der Waals surface area contributed by atoms with Crippen molar-refractivity contribution < 1.29 is 4.74 Å². The second-order valence-corrected chi connectivity index (χ2v) is 5.70. The molecular weight excluding hydrogens is 200 g/mol. The highest BCUT2D eigenvalue weighted by Gasteiger charge is 2.29. The Bertz CT molecular complexity index is 218. The van der Waals surface area contributed by atoms with E-state index in [1.807, 2.05) is 7.11 Å². The van der Waals surface area contributed by atoms with Gasteiger partial charge in [0.1, 0.15) is 0 Å². The van der Waals surface area contributed by atoms with Crippen molar-refractivity contribution in [3.63, 3.8) is 0 Å². The molecule has 2 fully saturated rings. The van der Waals surface area contributed by atoms with Crippen LogP contribution in [0.2, 0.25) is 0 Å². The quantitative estimate of drug-likeness (QED) is 0.779. The summed E-state index contributed by atoms with van der Waals surface area (Å²) in [6.07, 6.45) is 1.73. The number of hydrogen-bond acceptors (Lipinski definition) is 3. The molecule has 2 heterocycles. The van der Waals surface area contributed by atoms with Crippen LogP contribution in [0.1, 0.15) is 20.3 Å². The maximum absolute atomic E-state index is 5.56. The van der Waals surface area contributed by atoms with Gasteiger partial charge in [-0.05, 0) is 43.8 Å². The van der Waals surface area contributed by atoms with Gasteiger partial charge in [0.05, 0.1) is 6.10 Å². The minimum atomic E-state index is 0.445. The normalized spacial score (nSPS) is 34.7. The second-order valence-electron chi connectivity index (χ2n) is 5.70. The Balaban J connectivity index is 1.76. The zero-order valence-electron chi connectivity index (χ0n) is 10.9. The van der Waals surface area contributed by atoms with Crippen LogP contribution in [0.15, 0.2) is 0 Å². The summed E-state index contributed by atoms with van der Waals surface area (Å²) in [4.78, 5) is 2.59. The number of methoxy groups -OCH3 is 1. The van der Waals surface area contributed by atoms with Gasteiger partial charge >= 0.3 is 0 Å². The van der Waals surface area contributed by atoms with Crippen LogP contribution < -0.4 is 5.32 Å². The van der Waals surface area contributed by atoms with Gasteiger partial charge in [0.15, 0.2) is 0 Å². The van der Waals surface area contributed by atoms with Crippen molar-refractivity contribution in [2.75, 3.05) is 39.8 Å². The van der Waals surface area contributed by atoms with E-state index in [1.165, 1.54) is 32.6 Å². The molecule has 0 aromatic carbocycles. The zero-order valence-corrected chi connectivity index (χ0v) is 10.9. The number of likely N-dealkylation sites (tertiary alicyclic amines) is 1. The molecule has 94 valence electrons. The molecule has 0 bridgehead atoms. The predicted molar refractivity (Wildman–Crippen MR) is 66.5 cm³/mol. The summed E-state index contributed by atoms with van der Waals surface area (Å²) < 4.78 is 5.56. The lowest BCUT2D eigenvalue weighted by Gasteiger charge is -2.40. The Morgan fingerprint density at radius 1 is 1.44 bits per heavy atom. The molecule has 16 heavy (non-hydrogen) atoms. The van der Waals surface area contributed by atoms with E-state index < -0.39 is 0 Å². The fourth-order valence-electron chi connectivity index (χ4n) is 2.84. The number of hydrogen-bond donors (Lipinski definition) is 1. The highest BCUT2D eigenvalue weighted by Crippen LogP contribution is 2.23. The molecular formula is C13H26N2O. The van der Waals surface area contributed by atoms with E-state index in [0.717, 1.165) is 24.3 Å². The summed E-state index contributed by atoms with van der Waals surface area (Å²) in [5, 5.41) is 3.36. The van der Waals surface area contributed by atoms with Gasteiger partial charge in [-0.3, -0.25) is 0 Å². The molecule has 2 aliphatic rings. The molecule has 3 heteroatoms. The van der Waals surface area contributed by atoms with Crippen LogP contribution in [0.25, 0.3) is 0 Å². The summed E-state index contributed by atoms with van der Waals surface area (Å²) in [5.41, 5.74) is 0. The third-order valence-corrected chi connectivity index (χ3v) is 4.44. The van der Waals surface area contributed by atoms with E-state index in [0.29, 0.717) is 6.10 Å². The third-order valence-electron chi connectivity index (χ3n) is 4.44. The Labute approximate surface area is 99.5 Å². The average Bonchev–Trinajstić information content (AvgIpc) is 2.18. The van der Waals surface area contributed by atoms with Crippen molar-refractivity contribution in [3.05, 3.63) is 0 Å². The van der Waals surface area contributed by atoms with E-state index >= 15 is 0 Å². The molecule has 0 aromatic rings. The van der Waals surface area contributed by atoms with Crippen molar-refractivity contribution in [2.45, 2.75) is 26.4 Å². The van der Waals surface area contributed by atoms with Gasteiger partial charge in [0.2, 0.25) is 0 Å². The Morgan fingerprint density at radius 2 is 2.19 bits per heavy atom. The molecule has 2 rings (SSSR count). The Morgan fingerprint density at radius 3 is 2.75 bits per heavy atom. The molecule has 0 aromatic heterocycles. The van der Waals surface area contributed by atoms with Gasteiger partial charge < -0.3 is 15.0 Å². The van der Waals surface area contributed by atoms with Crippen molar-refractivity contribution in [1.29, 1.82) is 0 Å². The Kier molecular flexibility index (Phi) is 4.22. The van der Waals surface area contributed by atoms with Crippen molar-refractivity contribution in [1.82, 2.24) is 10.2 Å². The molecule has 2 saturated heterocycles. The molecule has 3 nitrogen and oxygen atoms in total. The van der Waals surface area contributed by atoms with Crippen molar-refractivity contribution >= 4 is 0 Å². The van der Waals surface area contributed by atoms with E-state index in [4.69, 9.17) is 4.74 Å². The maximum Gasteiger partial charge on any atom is 0.0724 e. The number of rotatable bonds is 4. The minimum Gasteiger partial charge on any atom is -0.380 e. The molecule has 3 unspecified atom stereocenters. The molecule has 0 aliphatic carbocycles. The first-order chi connectivity index (χ1) is 7.70. The van der Waals surface area contributed by atoms with Crippen molar-refractivity contribution in [3.8, 4) is 0 Å². The van der Waals surface area contributed by atoms with Crippen LogP contribution in [-0.4, -0.2) is 50.8 Å². The predicted octanol–water partition coefficient (Wildman–Crippen LogP) is 1.20. The van der Waals surface area contributed by atoms with Gasteiger partial charge in [-0.25, -0.2) is 0 Å². The van der Waals surface area contributed by atoms with Crippen LogP contribution in [0.4, 0.5) is 0 Å². The first kappa shape index (κ1) is 12.3. The molecule has 0 spiro atoms. The number of ether oxygens (including phenoxy) is 1. The smallest absolute Gasteiger partial charge is 0.0724 e. The monoisotopic (exact) mass is 226 g/mol.